The van der Waals surface area contributed by atoms with E-state index in [1.54, 1.807) is 0 Å². The lowest BCUT2D eigenvalue weighted by molar-refractivity contribution is -0.134. The lowest BCUT2D eigenvalue weighted by atomic mass is 9.86. The van der Waals surface area contributed by atoms with Crippen molar-refractivity contribution in [2.45, 2.75) is 18.4 Å². The van der Waals surface area contributed by atoms with Crippen LogP contribution in [0.4, 0.5) is 0 Å². The SMILES string of the molecule is O=C(C1c2ccccc2Oc2ccccc21)N1CCCSCC1CN1CCOCC1. The number of hydrogen-bond donors (Lipinski definition) is 0. The van der Waals surface area contributed by atoms with Gasteiger partial charge in [0.15, 0.2) is 0 Å². The summed E-state index contributed by atoms with van der Waals surface area (Å²) in [5, 5.41) is 0. The Morgan fingerprint density at radius 1 is 0.967 bits per heavy atom. The Kier molecular flexibility index (Phi) is 5.97. The molecule has 5 nitrogen and oxygen atoms in total. The van der Waals surface area contributed by atoms with Gasteiger partial charge in [0.25, 0.3) is 0 Å². The molecule has 0 aliphatic carbocycles. The van der Waals surface area contributed by atoms with E-state index in [-0.39, 0.29) is 17.9 Å². The van der Waals surface area contributed by atoms with Gasteiger partial charge in [0.2, 0.25) is 5.91 Å². The van der Waals surface area contributed by atoms with E-state index in [1.165, 1.54) is 0 Å². The van der Waals surface area contributed by atoms with E-state index in [2.05, 4.69) is 9.80 Å². The normalized spacial score (nSPS) is 22.5. The van der Waals surface area contributed by atoms with E-state index in [0.29, 0.717) is 0 Å². The summed E-state index contributed by atoms with van der Waals surface area (Å²) in [6.07, 6.45) is 1.04. The van der Waals surface area contributed by atoms with E-state index < -0.39 is 0 Å². The van der Waals surface area contributed by atoms with Crippen molar-refractivity contribution in [3.63, 3.8) is 0 Å². The summed E-state index contributed by atoms with van der Waals surface area (Å²) in [6.45, 7) is 5.22. The van der Waals surface area contributed by atoms with Crippen molar-refractivity contribution in [1.82, 2.24) is 9.80 Å². The number of benzene rings is 2. The van der Waals surface area contributed by atoms with Crippen LogP contribution in [0.15, 0.2) is 48.5 Å². The van der Waals surface area contributed by atoms with Crippen LogP contribution in [-0.4, -0.2) is 72.6 Å². The van der Waals surface area contributed by atoms with Gasteiger partial charge in [-0.3, -0.25) is 9.69 Å². The molecular weight excluding hydrogens is 396 g/mol. The zero-order chi connectivity index (χ0) is 20.3. The minimum absolute atomic E-state index is 0.207. The highest BCUT2D eigenvalue weighted by Gasteiger charge is 2.38. The molecular formula is C24H28N2O3S. The Bertz CT molecular complexity index is 854. The summed E-state index contributed by atoms with van der Waals surface area (Å²) in [6, 6.07) is 16.2. The van der Waals surface area contributed by atoms with Gasteiger partial charge in [-0.05, 0) is 24.3 Å². The third kappa shape index (κ3) is 3.96. The third-order valence-electron chi connectivity index (χ3n) is 6.22. The number of carbonyl (C=O) groups excluding carboxylic acids is 1. The van der Waals surface area contributed by atoms with Crippen molar-refractivity contribution < 1.29 is 14.3 Å². The molecule has 6 heteroatoms. The van der Waals surface area contributed by atoms with Crippen molar-refractivity contribution in [1.29, 1.82) is 0 Å². The van der Waals surface area contributed by atoms with Crippen LogP contribution in [0, 0.1) is 0 Å². The predicted octanol–water partition coefficient (Wildman–Crippen LogP) is 3.59. The van der Waals surface area contributed by atoms with Gasteiger partial charge in [0, 0.05) is 43.1 Å². The molecule has 1 atom stereocenters. The summed E-state index contributed by atoms with van der Waals surface area (Å²) in [5.74, 6) is 3.60. The molecule has 30 heavy (non-hydrogen) atoms. The number of ether oxygens (including phenoxy) is 2. The number of rotatable bonds is 3. The molecule has 158 valence electrons. The Hall–Kier alpha value is -2.02. The first-order chi connectivity index (χ1) is 14.8. The fourth-order valence-corrected chi connectivity index (χ4v) is 5.75. The van der Waals surface area contributed by atoms with Crippen molar-refractivity contribution in [2.24, 2.45) is 0 Å². The highest BCUT2D eigenvalue weighted by atomic mass is 32.2. The van der Waals surface area contributed by atoms with Crippen molar-refractivity contribution >= 4 is 17.7 Å². The molecule has 0 bridgehead atoms. The van der Waals surface area contributed by atoms with Gasteiger partial charge in [0.1, 0.15) is 11.5 Å². The molecule has 5 rings (SSSR count). The quantitative estimate of drug-likeness (QED) is 0.753. The average molecular weight is 425 g/mol. The van der Waals surface area contributed by atoms with Gasteiger partial charge in [-0.2, -0.15) is 11.8 Å². The minimum Gasteiger partial charge on any atom is -0.457 e. The molecule has 0 spiro atoms. The second kappa shape index (κ2) is 9.00. The Morgan fingerprint density at radius 2 is 1.63 bits per heavy atom. The van der Waals surface area contributed by atoms with Gasteiger partial charge >= 0.3 is 0 Å². The molecule has 0 saturated carbocycles. The molecule has 3 heterocycles. The molecule has 3 aliphatic heterocycles. The fourth-order valence-electron chi connectivity index (χ4n) is 4.69. The van der Waals surface area contributed by atoms with E-state index in [1.807, 2.05) is 60.3 Å². The van der Waals surface area contributed by atoms with Crippen LogP contribution in [0.3, 0.4) is 0 Å². The summed E-state index contributed by atoms with van der Waals surface area (Å²) in [7, 11) is 0. The van der Waals surface area contributed by atoms with Gasteiger partial charge in [-0.25, -0.2) is 0 Å². The standard InChI is InChI=1S/C24H28N2O3S/c27-24(26-10-5-15-30-17-18(26)16-25-11-13-28-14-12-25)23-19-6-1-3-8-21(19)29-22-9-4-2-7-20(22)23/h1-4,6-9,18,23H,5,10-17H2. The average Bonchev–Trinajstić information content (AvgIpc) is 3.03. The van der Waals surface area contributed by atoms with Crippen molar-refractivity contribution in [3.05, 3.63) is 59.7 Å². The molecule has 1 unspecified atom stereocenters. The number of carbonyl (C=O) groups is 1. The molecule has 2 aromatic carbocycles. The molecule has 0 radical (unpaired) electrons. The lowest BCUT2D eigenvalue weighted by Gasteiger charge is -2.38. The van der Waals surface area contributed by atoms with Crippen LogP contribution in [0.25, 0.3) is 0 Å². The lowest BCUT2D eigenvalue weighted by Crippen LogP contribution is -2.51. The summed E-state index contributed by atoms with van der Waals surface area (Å²) in [4.78, 5) is 18.7. The summed E-state index contributed by atoms with van der Waals surface area (Å²) >= 11 is 1.97. The Labute approximate surface area is 182 Å². The predicted molar refractivity (Wildman–Crippen MR) is 120 cm³/mol. The molecule has 2 aromatic rings. The first kappa shape index (κ1) is 19.9. The van der Waals surface area contributed by atoms with Crippen LogP contribution < -0.4 is 4.74 Å². The molecule has 0 aromatic heterocycles. The molecule has 3 aliphatic rings. The number of hydrogen-bond acceptors (Lipinski definition) is 5. The largest absolute Gasteiger partial charge is 0.457 e. The van der Waals surface area contributed by atoms with E-state index in [4.69, 9.17) is 9.47 Å². The highest BCUT2D eigenvalue weighted by molar-refractivity contribution is 7.99. The Balaban J connectivity index is 1.47. The van der Waals surface area contributed by atoms with Gasteiger partial charge in [0.05, 0.1) is 25.2 Å². The number of para-hydroxylation sites is 2. The summed E-state index contributed by atoms with van der Waals surface area (Å²) in [5.41, 5.74) is 1.95. The summed E-state index contributed by atoms with van der Waals surface area (Å²) < 4.78 is 11.6. The van der Waals surface area contributed by atoms with Crippen LogP contribution >= 0.6 is 11.8 Å². The fraction of sp³-hybridized carbons (Fsp3) is 0.458. The smallest absolute Gasteiger partial charge is 0.235 e. The minimum atomic E-state index is -0.304. The van der Waals surface area contributed by atoms with Crippen molar-refractivity contribution in [2.75, 3.05) is 50.9 Å². The second-order valence-corrected chi connectivity index (χ2v) is 9.29. The van der Waals surface area contributed by atoms with Crippen molar-refractivity contribution in [3.8, 4) is 11.5 Å². The first-order valence-corrected chi connectivity index (χ1v) is 12.0. The highest BCUT2D eigenvalue weighted by Crippen LogP contribution is 2.45. The zero-order valence-corrected chi connectivity index (χ0v) is 18.0. The molecule has 0 N–H and O–H groups in total. The van der Waals surface area contributed by atoms with Crippen LogP contribution in [0.5, 0.6) is 11.5 Å². The van der Waals surface area contributed by atoms with Crippen LogP contribution in [0.2, 0.25) is 0 Å². The number of morpholine rings is 1. The molecule has 2 saturated heterocycles. The maximum Gasteiger partial charge on any atom is 0.235 e. The third-order valence-corrected chi connectivity index (χ3v) is 7.42. The maximum absolute atomic E-state index is 14.1. The van der Waals surface area contributed by atoms with E-state index in [9.17, 15) is 4.79 Å². The monoisotopic (exact) mass is 424 g/mol. The zero-order valence-electron chi connectivity index (χ0n) is 17.2. The van der Waals surface area contributed by atoms with E-state index in [0.717, 1.165) is 79.9 Å². The number of amides is 1. The second-order valence-electron chi connectivity index (χ2n) is 8.14. The van der Waals surface area contributed by atoms with Crippen LogP contribution in [0.1, 0.15) is 23.5 Å². The topological polar surface area (TPSA) is 42.0 Å². The van der Waals surface area contributed by atoms with Gasteiger partial charge in [-0.1, -0.05) is 36.4 Å². The first-order valence-electron chi connectivity index (χ1n) is 10.9. The number of thioether (sulfide) groups is 1. The number of fused-ring (bicyclic) bond motifs is 2. The Morgan fingerprint density at radius 3 is 2.33 bits per heavy atom. The molecule has 2 fully saturated rings. The van der Waals surface area contributed by atoms with Gasteiger partial charge in [-0.15, -0.1) is 0 Å². The molecule has 1 amide bonds. The maximum atomic E-state index is 14.1. The van der Waals surface area contributed by atoms with E-state index >= 15 is 0 Å². The number of nitrogens with zero attached hydrogens (tertiary/aromatic N) is 2. The van der Waals surface area contributed by atoms with Gasteiger partial charge < -0.3 is 14.4 Å². The van der Waals surface area contributed by atoms with Crippen LogP contribution in [-0.2, 0) is 9.53 Å².